The van der Waals surface area contributed by atoms with E-state index in [0.29, 0.717) is 0 Å². The van der Waals surface area contributed by atoms with Gasteiger partial charge in [0.1, 0.15) is 5.75 Å². The molecule has 0 aliphatic heterocycles. The topological polar surface area (TPSA) is 61.4 Å². The van der Waals surface area contributed by atoms with Crippen molar-refractivity contribution < 1.29 is 9.90 Å². The van der Waals surface area contributed by atoms with Gasteiger partial charge in [0.2, 0.25) is 5.91 Å². The maximum absolute atomic E-state index is 12.2. The number of carbonyl (C=O) groups excluding carboxylic acids is 1. The molecule has 2 aromatic carbocycles. The molecule has 0 atom stereocenters. The monoisotopic (exact) mass is 506 g/mol. The largest absolute Gasteiger partial charge is 0.508 e. The van der Waals surface area contributed by atoms with Crippen LogP contribution < -0.4 is 10.6 Å². The average Bonchev–Trinajstić information content (AvgIpc) is 2.89. The number of carbonyl (C=O) groups is 1. The summed E-state index contributed by atoms with van der Waals surface area (Å²) < 4.78 is 0. The average molecular weight is 507 g/mol. The smallest absolute Gasteiger partial charge is 0.248 e. The first-order chi connectivity index (χ1) is 18.2. The van der Waals surface area contributed by atoms with Gasteiger partial charge in [-0.15, -0.1) is 0 Å². The van der Waals surface area contributed by atoms with Crippen LogP contribution in [0.3, 0.4) is 0 Å². The number of hydrogen-bond acceptors (Lipinski definition) is 3. The number of benzene rings is 2. The lowest BCUT2D eigenvalue weighted by Gasteiger charge is -2.09. The molecule has 0 aliphatic carbocycles. The summed E-state index contributed by atoms with van der Waals surface area (Å²) in [7, 11) is 0. The quantitative estimate of drug-likeness (QED) is 0.117. The summed E-state index contributed by atoms with van der Waals surface area (Å²) in [5.41, 5.74) is 2.57. The molecule has 0 saturated carbocycles. The van der Waals surface area contributed by atoms with Crippen molar-refractivity contribution in [3.8, 4) is 5.75 Å². The number of aromatic hydroxyl groups is 1. The third kappa shape index (κ3) is 15.9. The Balaban J connectivity index is 1.45. The highest BCUT2D eigenvalue weighted by molar-refractivity contribution is 6.02. The number of unbranched alkanes of at least 4 members (excludes halogenated alkanes) is 15. The van der Waals surface area contributed by atoms with E-state index in [-0.39, 0.29) is 11.7 Å². The summed E-state index contributed by atoms with van der Waals surface area (Å²) in [6.45, 7) is 3.24. The van der Waals surface area contributed by atoms with Crippen LogP contribution in [0.5, 0.6) is 5.75 Å². The molecule has 0 spiro atoms. The fourth-order valence-electron chi connectivity index (χ4n) is 4.60. The molecule has 204 valence electrons. The maximum Gasteiger partial charge on any atom is 0.248 e. The Morgan fingerprint density at radius 3 is 1.84 bits per heavy atom. The molecule has 0 saturated heterocycles. The van der Waals surface area contributed by atoms with Crippen LogP contribution in [0, 0.1) is 0 Å². The van der Waals surface area contributed by atoms with Crippen molar-refractivity contribution in [1.29, 1.82) is 0 Å². The standard InChI is InChI=1S/C33H50N2O2/c1-2-3-4-5-6-7-8-9-10-11-12-13-14-15-16-17-26-34-30-21-19-22-31(28-30)35-33(37)25-24-29-20-18-23-32(36)27-29/h18-25,27-28,34,36H,2-17,26H2,1H3,(H,35,37)/b25-24+. The summed E-state index contributed by atoms with van der Waals surface area (Å²) in [6, 6.07) is 14.7. The van der Waals surface area contributed by atoms with E-state index >= 15 is 0 Å². The van der Waals surface area contributed by atoms with Crippen molar-refractivity contribution in [2.45, 2.75) is 110 Å². The zero-order valence-electron chi connectivity index (χ0n) is 23.1. The molecular weight excluding hydrogens is 456 g/mol. The second-order valence-electron chi connectivity index (χ2n) is 10.2. The number of amides is 1. The lowest BCUT2D eigenvalue weighted by molar-refractivity contribution is -0.111. The molecule has 0 heterocycles. The van der Waals surface area contributed by atoms with Crippen LogP contribution in [0.15, 0.2) is 54.6 Å². The summed E-state index contributed by atoms with van der Waals surface area (Å²) in [4.78, 5) is 12.2. The Labute approximate surface area is 226 Å². The molecule has 3 N–H and O–H groups in total. The van der Waals surface area contributed by atoms with Crippen LogP contribution in [0.4, 0.5) is 11.4 Å². The lowest BCUT2D eigenvalue weighted by Crippen LogP contribution is -2.08. The number of nitrogens with one attached hydrogen (secondary N) is 2. The first-order valence-electron chi connectivity index (χ1n) is 14.8. The summed E-state index contributed by atoms with van der Waals surface area (Å²) in [5, 5.41) is 15.9. The molecule has 4 nitrogen and oxygen atoms in total. The normalized spacial score (nSPS) is 11.2. The third-order valence-corrected chi connectivity index (χ3v) is 6.79. The molecule has 0 bridgehead atoms. The Kier molecular flexibility index (Phi) is 16.7. The van der Waals surface area contributed by atoms with Crippen LogP contribution >= 0.6 is 0 Å². The van der Waals surface area contributed by atoms with Crippen molar-refractivity contribution in [3.63, 3.8) is 0 Å². The molecule has 2 aromatic rings. The van der Waals surface area contributed by atoms with E-state index < -0.39 is 0 Å². The van der Waals surface area contributed by atoms with E-state index in [1.807, 2.05) is 30.3 Å². The number of rotatable bonds is 21. The van der Waals surface area contributed by atoms with Gasteiger partial charge in [-0.3, -0.25) is 4.79 Å². The minimum Gasteiger partial charge on any atom is -0.508 e. The van der Waals surface area contributed by atoms with Gasteiger partial charge in [-0.1, -0.05) is 121 Å². The van der Waals surface area contributed by atoms with Gasteiger partial charge in [-0.2, -0.15) is 0 Å². The Hall–Kier alpha value is -2.75. The van der Waals surface area contributed by atoms with Gasteiger partial charge in [-0.25, -0.2) is 0 Å². The highest BCUT2D eigenvalue weighted by Gasteiger charge is 2.01. The highest BCUT2D eigenvalue weighted by atomic mass is 16.3. The number of phenolic OH excluding ortho intramolecular Hbond substituents is 1. The molecule has 0 fully saturated rings. The molecule has 0 aliphatic rings. The van der Waals surface area contributed by atoms with Crippen molar-refractivity contribution in [1.82, 2.24) is 0 Å². The summed E-state index contributed by atoms with van der Waals surface area (Å²) in [6.07, 6.45) is 25.3. The van der Waals surface area contributed by atoms with Crippen molar-refractivity contribution >= 4 is 23.4 Å². The van der Waals surface area contributed by atoms with Gasteiger partial charge in [-0.05, 0) is 48.4 Å². The molecular formula is C33H50N2O2. The van der Waals surface area contributed by atoms with Gasteiger partial charge in [0.15, 0.2) is 0 Å². The summed E-state index contributed by atoms with van der Waals surface area (Å²) in [5.74, 6) is -0.0102. The number of phenols is 1. The van der Waals surface area contributed by atoms with E-state index in [1.54, 1.807) is 24.3 Å². The van der Waals surface area contributed by atoms with Gasteiger partial charge in [0, 0.05) is 24.0 Å². The number of anilines is 2. The fourth-order valence-corrected chi connectivity index (χ4v) is 4.60. The molecule has 0 unspecified atom stereocenters. The van der Waals surface area contributed by atoms with Crippen LogP contribution in [-0.2, 0) is 4.79 Å². The van der Waals surface area contributed by atoms with Gasteiger partial charge in [0.25, 0.3) is 0 Å². The molecule has 2 rings (SSSR count). The zero-order valence-corrected chi connectivity index (χ0v) is 23.1. The molecule has 1 amide bonds. The first-order valence-corrected chi connectivity index (χ1v) is 14.8. The van der Waals surface area contributed by atoms with Crippen molar-refractivity contribution in [3.05, 3.63) is 60.2 Å². The molecule has 4 heteroatoms. The number of hydrogen-bond donors (Lipinski definition) is 3. The van der Waals surface area contributed by atoms with E-state index in [4.69, 9.17) is 0 Å². The van der Waals surface area contributed by atoms with Crippen LogP contribution in [0.2, 0.25) is 0 Å². The highest BCUT2D eigenvalue weighted by Crippen LogP contribution is 2.17. The van der Waals surface area contributed by atoms with Gasteiger partial charge >= 0.3 is 0 Å². The van der Waals surface area contributed by atoms with E-state index in [2.05, 4.69) is 17.6 Å². The van der Waals surface area contributed by atoms with E-state index in [1.165, 1.54) is 109 Å². The van der Waals surface area contributed by atoms with Crippen molar-refractivity contribution in [2.24, 2.45) is 0 Å². The van der Waals surface area contributed by atoms with E-state index in [9.17, 15) is 9.90 Å². The Bertz CT molecular complexity index is 893. The molecule has 0 radical (unpaired) electrons. The van der Waals surface area contributed by atoms with E-state index in [0.717, 1.165) is 23.5 Å². The Morgan fingerprint density at radius 2 is 1.24 bits per heavy atom. The first kappa shape index (κ1) is 30.5. The van der Waals surface area contributed by atoms with Gasteiger partial charge < -0.3 is 15.7 Å². The third-order valence-electron chi connectivity index (χ3n) is 6.79. The van der Waals surface area contributed by atoms with Gasteiger partial charge in [0.05, 0.1) is 0 Å². The summed E-state index contributed by atoms with van der Waals surface area (Å²) >= 11 is 0. The predicted molar refractivity (Wildman–Crippen MR) is 160 cm³/mol. The maximum atomic E-state index is 12.2. The SMILES string of the molecule is CCCCCCCCCCCCCCCCCCNc1cccc(NC(=O)/C=C/c2cccc(O)c2)c1. The lowest BCUT2D eigenvalue weighted by atomic mass is 10.0. The Morgan fingerprint density at radius 1 is 0.703 bits per heavy atom. The minimum absolute atomic E-state index is 0.186. The van der Waals surface area contributed by atoms with Crippen LogP contribution in [-0.4, -0.2) is 17.6 Å². The molecule has 0 aromatic heterocycles. The van der Waals surface area contributed by atoms with Crippen LogP contribution in [0.25, 0.3) is 6.08 Å². The van der Waals surface area contributed by atoms with Crippen LogP contribution in [0.1, 0.15) is 115 Å². The predicted octanol–water partition coefficient (Wildman–Crippen LogP) is 9.72. The zero-order chi connectivity index (χ0) is 26.4. The second kappa shape index (κ2) is 20.3. The molecule has 37 heavy (non-hydrogen) atoms. The fraction of sp³-hybridized carbons (Fsp3) is 0.545. The van der Waals surface area contributed by atoms with Crippen molar-refractivity contribution in [2.75, 3.05) is 17.2 Å². The second-order valence-corrected chi connectivity index (χ2v) is 10.2. The minimum atomic E-state index is -0.196.